The highest BCUT2D eigenvalue weighted by Crippen LogP contribution is 2.52. The second-order valence-electron chi connectivity index (χ2n) is 10.9. The molecule has 0 saturated carbocycles. The summed E-state index contributed by atoms with van der Waals surface area (Å²) >= 11 is 2.79. The van der Waals surface area contributed by atoms with Gasteiger partial charge in [-0.3, -0.25) is 14.4 Å². The van der Waals surface area contributed by atoms with Crippen LogP contribution in [0.2, 0.25) is 0 Å². The number of esters is 1. The van der Waals surface area contributed by atoms with E-state index < -0.39 is 36.3 Å². The van der Waals surface area contributed by atoms with Crippen LogP contribution in [0.1, 0.15) is 44.6 Å². The predicted molar refractivity (Wildman–Crippen MR) is 150 cm³/mol. The van der Waals surface area contributed by atoms with E-state index in [0.29, 0.717) is 36.1 Å². The Morgan fingerprint density at radius 3 is 2.55 bits per heavy atom. The number of thioether (sulfide) groups is 1. The van der Waals surface area contributed by atoms with Gasteiger partial charge in [0.25, 0.3) is 5.91 Å². The van der Waals surface area contributed by atoms with Crippen LogP contribution in [0.3, 0.4) is 0 Å². The normalized spacial score (nSPS) is 26.8. The van der Waals surface area contributed by atoms with Gasteiger partial charge in [-0.25, -0.2) is 14.6 Å². The Balaban J connectivity index is 1.11. The largest absolute Gasteiger partial charge is 0.477 e. The van der Waals surface area contributed by atoms with Crippen molar-refractivity contribution >= 4 is 58.1 Å². The zero-order valence-corrected chi connectivity index (χ0v) is 25.1. The first-order valence-corrected chi connectivity index (χ1v) is 15.4. The number of carboxylic acids is 1. The molecule has 6 atom stereocenters. The minimum Gasteiger partial charge on any atom is -0.477 e. The van der Waals surface area contributed by atoms with Gasteiger partial charge in [-0.1, -0.05) is 6.92 Å². The molecule has 5 heterocycles. The Hall–Kier alpha value is -3.37. The number of anilines is 1. The first kappa shape index (κ1) is 30.1. The third-order valence-corrected chi connectivity index (χ3v) is 10.2. The van der Waals surface area contributed by atoms with Gasteiger partial charge >= 0.3 is 18.0 Å². The summed E-state index contributed by atoms with van der Waals surface area (Å²) in [4.78, 5) is 70.6. The van der Waals surface area contributed by atoms with Crippen LogP contribution in [-0.2, 0) is 23.9 Å². The van der Waals surface area contributed by atoms with Gasteiger partial charge < -0.3 is 39.7 Å². The number of aliphatic hydroxyl groups is 1. The molecule has 16 heteroatoms. The number of amides is 3. The van der Waals surface area contributed by atoms with Crippen molar-refractivity contribution in [2.75, 3.05) is 31.1 Å². The number of carbonyl (C=O) groups excluding carboxylic acids is 4. The van der Waals surface area contributed by atoms with E-state index in [4.69, 9.17) is 9.47 Å². The molecule has 4 aliphatic heterocycles. The SMILES string of the molecule is CC(=O)OC(C)OC(=O)N1CC[C@@H](NC(=O)c2csc(N3CC(SC4=C(C(=O)O)N5C(=O)[C@H]([C@@H](C)O)[C@H]5[C@H]4C)C3)n2)C1. The lowest BCUT2D eigenvalue weighted by Gasteiger charge is -2.46. The minimum absolute atomic E-state index is 0.0173. The van der Waals surface area contributed by atoms with Gasteiger partial charge in [0.2, 0.25) is 12.2 Å². The molecule has 228 valence electrons. The number of rotatable bonds is 9. The molecule has 3 N–H and O–H groups in total. The topological polar surface area (TPSA) is 179 Å². The Morgan fingerprint density at radius 1 is 1.19 bits per heavy atom. The molecule has 0 aliphatic carbocycles. The predicted octanol–water partition coefficient (Wildman–Crippen LogP) is 1.07. The van der Waals surface area contributed by atoms with Crippen LogP contribution >= 0.6 is 23.1 Å². The maximum atomic E-state index is 12.8. The molecule has 0 bridgehead atoms. The number of nitrogens with one attached hydrogen (secondary N) is 1. The van der Waals surface area contributed by atoms with Crippen LogP contribution in [0.15, 0.2) is 16.0 Å². The van der Waals surface area contributed by atoms with Gasteiger partial charge in [0.15, 0.2) is 5.13 Å². The molecule has 4 aliphatic rings. The van der Waals surface area contributed by atoms with Crippen LogP contribution < -0.4 is 10.2 Å². The lowest BCUT2D eigenvalue weighted by molar-refractivity contribution is -0.163. The molecule has 14 nitrogen and oxygen atoms in total. The fourth-order valence-corrected chi connectivity index (χ4v) is 8.16. The fourth-order valence-electron chi connectivity index (χ4n) is 5.82. The van der Waals surface area contributed by atoms with Crippen molar-refractivity contribution in [1.82, 2.24) is 20.1 Å². The molecular formula is C26H33N5O9S2. The second kappa shape index (κ2) is 11.7. The summed E-state index contributed by atoms with van der Waals surface area (Å²) in [5.74, 6) is -3.18. The summed E-state index contributed by atoms with van der Waals surface area (Å²) in [5, 5.41) is 25.2. The number of aliphatic carboxylic acids is 1. The second-order valence-corrected chi connectivity index (χ2v) is 13.1. The monoisotopic (exact) mass is 623 g/mol. The van der Waals surface area contributed by atoms with Crippen molar-refractivity contribution in [3.05, 3.63) is 21.7 Å². The number of likely N-dealkylation sites (tertiary alicyclic amines) is 1. The first-order chi connectivity index (χ1) is 19.8. The Labute approximate surface area is 250 Å². The van der Waals surface area contributed by atoms with E-state index in [-0.39, 0.29) is 53.0 Å². The van der Waals surface area contributed by atoms with Crippen molar-refractivity contribution in [2.24, 2.45) is 11.8 Å². The standard InChI is InChI=1S/C26H33N5O9S2/c1-11-19-18(12(2)32)23(35)31(19)20(24(36)37)21(11)42-16-8-30(9-16)25-28-17(10-41-25)22(34)27-15-5-6-29(7-15)26(38)40-14(4)39-13(3)33/h10-12,14-16,18-19,32H,5-9H2,1-4H3,(H,27,34)(H,36,37)/t11-,12-,14?,15-,18-,19-/m1/s1. The first-order valence-electron chi connectivity index (χ1n) is 13.6. The van der Waals surface area contributed by atoms with Gasteiger partial charge in [0, 0.05) is 67.5 Å². The highest BCUT2D eigenvalue weighted by Gasteiger charge is 2.60. The average molecular weight is 624 g/mol. The molecule has 42 heavy (non-hydrogen) atoms. The Morgan fingerprint density at radius 2 is 1.90 bits per heavy atom. The maximum Gasteiger partial charge on any atom is 0.412 e. The van der Waals surface area contributed by atoms with E-state index in [9.17, 15) is 34.2 Å². The van der Waals surface area contributed by atoms with Crippen LogP contribution in [0.5, 0.6) is 0 Å². The number of aliphatic hydroxyl groups excluding tert-OH is 1. The van der Waals surface area contributed by atoms with Gasteiger partial charge in [-0.05, 0) is 13.3 Å². The van der Waals surface area contributed by atoms with E-state index in [1.165, 1.54) is 46.7 Å². The van der Waals surface area contributed by atoms with E-state index in [1.807, 2.05) is 11.8 Å². The molecule has 0 aromatic carbocycles. The molecule has 0 radical (unpaired) electrons. The number of ether oxygens (including phenoxy) is 2. The summed E-state index contributed by atoms with van der Waals surface area (Å²) in [6.07, 6.45) is -1.94. The van der Waals surface area contributed by atoms with Crippen molar-refractivity contribution in [3.63, 3.8) is 0 Å². The highest BCUT2D eigenvalue weighted by molar-refractivity contribution is 8.03. The highest BCUT2D eigenvalue weighted by atomic mass is 32.2. The summed E-state index contributed by atoms with van der Waals surface area (Å²) in [6.45, 7) is 7.98. The van der Waals surface area contributed by atoms with Crippen LogP contribution in [0.4, 0.5) is 9.93 Å². The molecule has 1 aromatic rings. The number of carbonyl (C=O) groups is 5. The average Bonchev–Trinajstić information content (AvgIpc) is 3.58. The van der Waals surface area contributed by atoms with E-state index in [2.05, 4.69) is 10.3 Å². The molecule has 3 amide bonds. The Kier molecular flexibility index (Phi) is 8.40. The smallest absolute Gasteiger partial charge is 0.412 e. The van der Waals surface area contributed by atoms with Gasteiger partial charge in [0.1, 0.15) is 11.4 Å². The number of carboxylic acid groups (broad SMARTS) is 1. The van der Waals surface area contributed by atoms with Crippen LogP contribution in [-0.4, -0.2) is 111 Å². The fraction of sp³-hybridized carbons (Fsp3) is 0.615. The number of aromatic nitrogens is 1. The quantitative estimate of drug-likeness (QED) is 0.203. The van der Waals surface area contributed by atoms with Crippen molar-refractivity contribution in [1.29, 1.82) is 0 Å². The van der Waals surface area contributed by atoms with Gasteiger partial charge in [-0.2, -0.15) is 0 Å². The zero-order valence-electron chi connectivity index (χ0n) is 23.5. The summed E-state index contributed by atoms with van der Waals surface area (Å²) < 4.78 is 9.90. The zero-order chi connectivity index (χ0) is 30.5. The molecule has 0 spiro atoms. The summed E-state index contributed by atoms with van der Waals surface area (Å²) in [5.41, 5.74) is 0.284. The van der Waals surface area contributed by atoms with E-state index in [1.54, 1.807) is 12.3 Å². The molecular weight excluding hydrogens is 590 g/mol. The molecule has 5 rings (SSSR count). The van der Waals surface area contributed by atoms with Crippen LogP contribution in [0, 0.1) is 11.8 Å². The van der Waals surface area contributed by atoms with Crippen LogP contribution in [0.25, 0.3) is 0 Å². The summed E-state index contributed by atoms with van der Waals surface area (Å²) in [7, 11) is 0. The van der Waals surface area contributed by atoms with Crippen molar-refractivity contribution in [3.8, 4) is 0 Å². The van der Waals surface area contributed by atoms with Crippen molar-refractivity contribution in [2.45, 2.75) is 63.8 Å². The molecule has 3 saturated heterocycles. The molecule has 3 fully saturated rings. The lowest BCUT2D eigenvalue weighted by Crippen LogP contribution is -2.63. The third-order valence-electron chi connectivity index (χ3n) is 7.83. The molecule has 1 aromatic heterocycles. The van der Waals surface area contributed by atoms with Crippen molar-refractivity contribution < 1.29 is 43.7 Å². The number of nitrogens with zero attached hydrogens (tertiary/aromatic N) is 4. The Bertz CT molecular complexity index is 1330. The third kappa shape index (κ3) is 5.66. The van der Waals surface area contributed by atoms with Gasteiger partial charge in [-0.15, -0.1) is 23.1 Å². The number of thiazole rings is 1. The minimum atomic E-state index is -1.14. The lowest BCUT2D eigenvalue weighted by atomic mass is 9.79. The number of fused-ring (bicyclic) bond motifs is 1. The molecule has 1 unspecified atom stereocenters. The summed E-state index contributed by atoms with van der Waals surface area (Å²) in [6, 6.07) is -0.621. The van der Waals surface area contributed by atoms with Gasteiger partial charge in [0.05, 0.1) is 18.1 Å². The van der Waals surface area contributed by atoms with E-state index >= 15 is 0 Å². The number of β-lactam (4-membered cyclic amide) rings is 1. The maximum absolute atomic E-state index is 12.8. The number of hydrogen-bond donors (Lipinski definition) is 3. The number of hydrogen-bond acceptors (Lipinski definition) is 12. The van der Waals surface area contributed by atoms with E-state index in [0.717, 1.165) is 0 Å².